The highest BCUT2D eigenvalue weighted by molar-refractivity contribution is 5.88. The Morgan fingerprint density at radius 1 is 1.56 bits per heavy atom. The molecule has 1 N–H and O–H groups in total. The molecule has 0 radical (unpaired) electrons. The summed E-state index contributed by atoms with van der Waals surface area (Å²) in [6.45, 7) is 7.83. The van der Waals surface area contributed by atoms with E-state index in [9.17, 15) is 9.90 Å². The molecule has 0 saturated carbocycles. The van der Waals surface area contributed by atoms with Gasteiger partial charge in [-0.15, -0.1) is 5.10 Å². The first-order valence-electron chi connectivity index (χ1n) is 6.06. The highest BCUT2D eigenvalue weighted by Crippen LogP contribution is 2.20. The Kier molecular flexibility index (Phi) is 4.45. The van der Waals surface area contributed by atoms with E-state index >= 15 is 0 Å². The molecule has 0 aliphatic heterocycles. The topological polar surface area (TPSA) is 77.2 Å². The fourth-order valence-electron chi connectivity index (χ4n) is 1.55. The van der Waals surface area contributed by atoms with E-state index in [0.717, 1.165) is 0 Å². The van der Waals surface area contributed by atoms with Crippen molar-refractivity contribution in [1.29, 1.82) is 0 Å². The number of methoxy groups -OCH3 is 1. The molecule has 0 aromatic carbocycles. The molecule has 0 bridgehead atoms. The molecule has 0 saturated heterocycles. The molecule has 1 atom stereocenters. The Labute approximate surface area is 107 Å². The summed E-state index contributed by atoms with van der Waals surface area (Å²) in [7, 11) is 1.31. The van der Waals surface area contributed by atoms with Gasteiger partial charge in [0.05, 0.1) is 24.9 Å². The average molecular weight is 255 g/mol. The highest BCUT2D eigenvalue weighted by atomic mass is 16.5. The average Bonchev–Trinajstić information content (AvgIpc) is 2.69. The zero-order valence-electron chi connectivity index (χ0n) is 11.6. The lowest BCUT2D eigenvalue weighted by Gasteiger charge is -2.27. The second kappa shape index (κ2) is 5.48. The smallest absolute Gasteiger partial charge is 0.360 e. The van der Waals surface area contributed by atoms with Crippen LogP contribution in [0, 0.1) is 5.92 Å². The number of aliphatic hydroxyl groups is 1. The predicted octanol–water partition coefficient (Wildman–Crippen LogP) is 1.03. The summed E-state index contributed by atoms with van der Waals surface area (Å²) in [6.07, 6.45) is 0.603. The number of ether oxygens (including phenoxy) is 1. The van der Waals surface area contributed by atoms with Crippen molar-refractivity contribution in [3.05, 3.63) is 11.4 Å². The molecule has 0 amide bonds. The molecule has 0 aliphatic rings. The molecule has 0 aliphatic carbocycles. The number of hydrogen-bond donors (Lipinski definition) is 1. The number of nitrogens with zero attached hydrogens (tertiary/aromatic N) is 3. The van der Waals surface area contributed by atoms with Crippen molar-refractivity contribution in [3.8, 4) is 0 Å². The van der Waals surface area contributed by atoms with Gasteiger partial charge in [-0.25, -0.2) is 9.48 Å². The SMILES string of the molecule is CCc1c(C(=O)OC)nnn1CC(C)(O)C(C)C. The third kappa shape index (κ3) is 2.87. The zero-order valence-corrected chi connectivity index (χ0v) is 11.6. The van der Waals surface area contributed by atoms with Gasteiger partial charge in [-0.2, -0.15) is 0 Å². The Balaban J connectivity index is 3.05. The van der Waals surface area contributed by atoms with Gasteiger partial charge < -0.3 is 9.84 Å². The highest BCUT2D eigenvalue weighted by Gasteiger charge is 2.28. The summed E-state index contributed by atoms with van der Waals surface area (Å²) in [4.78, 5) is 11.5. The quantitative estimate of drug-likeness (QED) is 0.795. The fraction of sp³-hybridized carbons (Fsp3) is 0.750. The minimum Gasteiger partial charge on any atom is -0.464 e. The molecule has 1 rings (SSSR count). The maximum Gasteiger partial charge on any atom is 0.360 e. The Morgan fingerprint density at radius 2 is 2.17 bits per heavy atom. The van der Waals surface area contributed by atoms with Crippen molar-refractivity contribution < 1.29 is 14.6 Å². The van der Waals surface area contributed by atoms with E-state index < -0.39 is 11.6 Å². The van der Waals surface area contributed by atoms with Crippen molar-refractivity contribution in [2.24, 2.45) is 5.92 Å². The summed E-state index contributed by atoms with van der Waals surface area (Å²) >= 11 is 0. The third-order valence-electron chi connectivity index (χ3n) is 3.26. The lowest BCUT2D eigenvalue weighted by Crippen LogP contribution is -2.37. The van der Waals surface area contributed by atoms with Crippen LogP contribution in [0.25, 0.3) is 0 Å². The number of carbonyl (C=O) groups excluding carboxylic acids is 1. The van der Waals surface area contributed by atoms with Crippen molar-refractivity contribution in [1.82, 2.24) is 15.0 Å². The molecular weight excluding hydrogens is 234 g/mol. The maximum atomic E-state index is 11.5. The van der Waals surface area contributed by atoms with Gasteiger partial charge >= 0.3 is 5.97 Å². The Hall–Kier alpha value is -1.43. The van der Waals surface area contributed by atoms with Gasteiger partial charge in [-0.3, -0.25) is 0 Å². The number of carbonyl (C=O) groups is 1. The van der Waals surface area contributed by atoms with E-state index in [2.05, 4.69) is 15.0 Å². The van der Waals surface area contributed by atoms with Gasteiger partial charge in [0.15, 0.2) is 5.69 Å². The van der Waals surface area contributed by atoms with Crippen LogP contribution in [0.1, 0.15) is 43.9 Å². The minimum atomic E-state index is -0.898. The van der Waals surface area contributed by atoms with E-state index in [1.165, 1.54) is 7.11 Å². The standard InChI is InChI=1S/C12H21N3O3/c1-6-9-10(11(16)18-5)13-14-15(9)7-12(4,17)8(2)3/h8,17H,6-7H2,1-5H3. The first-order chi connectivity index (χ1) is 8.33. The molecule has 1 unspecified atom stereocenters. The van der Waals surface area contributed by atoms with Gasteiger partial charge in [0.2, 0.25) is 0 Å². The number of esters is 1. The van der Waals surface area contributed by atoms with Crippen LogP contribution in [0.15, 0.2) is 0 Å². The summed E-state index contributed by atoms with van der Waals surface area (Å²) in [5.41, 5.74) is 0.00713. The summed E-state index contributed by atoms with van der Waals surface area (Å²) in [5, 5.41) is 18.0. The number of aromatic nitrogens is 3. The molecule has 6 heteroatoms. The molecular formula is C12H21N3O3. The van der Waals surface area contributed by atoms with Crippen LogP contribution in [0.3, 0.4) is 0 Å². The summed E-state index contributed by atoms with van der Waals surface area (Å²) in [5.74, 6) is -0.421. The molecule has 0 spiro atoms. The molecule has 0 fully saturated rings. The van der Waals surface area contributed by atoms with Crippen molar-refractivity contribution >= 4 is 5.97 Å². The Bertz CT molecular complexity index is 424. The van der Waals surface area contributed by atoms with E-state index in [-0.39, 0.29) is 11.6 Å². The largest absolute Gasteiger partial charge is 0.464 e. The number of rotatable bonds is 5. The number of hydrogen-bond acceptors (Lipinski definition) is 5. The normalized spacial score (nSPS) is 14.6. The summed E-state index contributed by atoms with van der Waals surface area (Å²) < 4.78 is 6.23. The molecule has 1 aromatic heterocycles. The lowest BCUT2D eigenvalue weighted by atomic mass is 9.92. The molecule has 1 aromatic rings. The van der Waals surface area contributed by atoms with Crippen molar-refractivity contribution in [2.45, 2.75) is 46.3 Å². The van der Waals surface area contributed by atoms with Gasteiger partial charge in [-0.05, 0) is 19.3 Å². The summed E-state index contributed by atoms with van der Waals surface area (Å²) in [6, 6.07) is 0. The van der Waals surface area contributed by atoms with E-state index in [1.54, 1.807) is 11.6 Å². The maximum absolute atomic E-state index is 11.5. The van der Waals surface area contributed by atoms with Crippen LogP contribution in [0.5, 0.6) is 0 Å². The van der Waals surface area contributed by atoms with Crippen LogP contribution in [0.4, 0.5) is 0 Å². The second-order valence-corrected chi connectivity index (χ2v) is 4.90. The molecule has 18 heavy (non-hydrogen) atoms. The van der Waals surface area contributed by atoms with Crippen LogP contribution in [-0.2, 0) is 17.7 Å². The lowest BCUT2D eigenvalue weighted by molar-refractivity contribution is -0.00680. The molecule has 102 valence electrons. The van der Waals surface area contributed by atoms with Crippen LogP contribution < -0.4 is 0 Å². The van der Waals surface area contributed by atoms with Gasteiger partial charge in [-0.1, -0.05) is 26.0 Å². The second-order valence-electron chi connectivity index (χ2n) is 4.90. The predicted molar refractivity (Wildman–Crippen MR) is 66.2 cm³/mol. The van der Waals surface area contributed by atoms with E-state index in [4.69, 9.17) is 0 Å². The van der Waals surface area contributed by atoms with Crippen molar-refractivity contribution in [2.75, 3.05) is 7.11 Å². The molecule has 1 heterocycles. The van der Waals surface area contributed by atoms with Crippen molar-refractivity contribution in [3.63, 3.8) is 0 Å². The first-order valence-corrected chi connectivity index (χ1v) is 6.06. The van der Waals surface area contributed by atoms with Crippen LogP contribution in [0.2, 0.25) is 0 Å². The van der Waals surface area contributed by atoms with E-state index in [0.29, 0.717) is 18.7 Å². The zero-order chi connectivity index (χ0) is 13.9. The van der Waals surface area contributed by atoms with Crippen LogP contribution in [-0.4, -0.2) is 38.8 Å². The minimum absolute atomic E-state index is 0.0768. The first kappa shape index (κ1) is 14.6. The van der Waals surface area contributed by atoms with E-state index in [1.807, 2.05) is 20.8 Å². The fourth-order valence-corrected chi connectivity index (χ4v) is 1.55. The van der Waals surface area contributed by atoms with Gasteiger partial charge in [0.1, 0.15) is 0 Å². The molecule has 6 nitrogen and oxygen atoms in total. The van der Waals surface area contributed by atoms with Crippen LogP contribution >= 0.6 is 0 Å². The van der Waals surface area contributed by atoms with Gasteiger partial charge in [0, 0.05) is 0 Å². The third-order valence-corrected chi connectivity index (χ3v) is 3.26. The monoisotopic (exact) mass is 255 g/mol. The Morgan fingerprint density at radius 3 is 2.61 bits per heavy atom. The van der Waals surface area contributed by atoms with Gasteiger partial charge in [0.25, 0.3) is 0 Å².